The van der Waals surface area contributed by atoms with Crippen molar-refractivity contribution >= 4 is 34.3 Å². The summed E-state index contributed by atoms with van der Waals surface area (Å²) in [7, 11) is 4.01. The first-order valence-electron chi connectivity index (χ1n) is 12.9. The fourth-order valence-corrected chi connectivity index (χ4v) is 6.42. The van der Waals surface area contributed by atoms with Crippen LogP contribution >= 0.6 is 0 Å². The van der Waals surface area contributed by atoms with Crippen molar-refractivity contribution in [3.63, 3.8) is 0 Å². The van der Waals surface area contributed by atoms with E-state index >= 15 is 0 Å². The molecule has 13 nitrogen and oxygen atoms in total. The molecule has 2 fully saturated rings. The molecular formula is C26H30N12O. The van der Waals surface area contributed by atoms with Crippen molar-refractivity contribution in [2.24, 2.45) is 5.41 Å². The standard InChI is InChI=1S/C26H30N12O/c1-15-21(25(2,3)38-24(36(15)5)32-33-34-38)23(39)29-16-6-7-18-17(8-16)22(31-30-18)19-9-20(28-14-27-19)37-12-26(13-37)10-35(4)11-26/h6-9,14H,10-13H2,1-5H3,(H,29,39)(H,30,31). The molecule has 1 aromatic carbocycles. The Morgan fingerprint density at radius 2 is 1.87 bits per heavy atom. The number of amides is 1. The first-order chi connectivity index (χ1) is 18.6. The number of nitrogens with zero attached hydrogens (tertiary/aromatic N) is 10. The molecule has 1 amide bonds. The summed E-state index contributed by atoms with van der Waals surface area (Å²) in [6.07, 6.45) is 1.60. The van der Waals surface area contributed by atoms with Gasteiger partial charge in [0.15, 0.2) is 0 Å². The number of allylic oxidation sites excluding steroid dienone is 1. The number of anilines is 3. The second-order valence-electron chi connectivity index (χ2n) is 11.5. The number of nitrogens with one attached hydrogen (secondary N) is 2. The highest BCUT2D eigenvalue weighted by molar-refractivity contribution is 6.07. The molecule has 200 valence electrons. The van der Waals surface area contributed by atoms with Crippen LogP contribution in [0.4, 0.5) is 17.5 Å². The number of aromatic nitrogens is 8. The molecule has 0 saturated carbocycles. The average Bonchev–Trinajstić information content (AvgIpc) is 3.52. The van der Waals surface area contributed by atoms with Gasteiger partial charge in [-0.15, -0.1) is 0 Å². The molecule has 13 heteroatoms. The van der Waals surface area contributed by atoms with Crippen LogP contribution in [0.25, 0.3) is 22.3 Å². The molecule has 0 atom stereocenters. The van der Waals surface area contributed by atoms with Crippen LogP contribution in [-0.4, -0.2) is 91.5 Å². The number of fused-ring (bicyclic) bond motifs is 2. The highest BCUT2D eigenvalue weighted by Crippen LogP contribution is 2.41. The van der Waals surface area contributed by atoms with E-state index in [0.717, 1.165) is 60.0 Å². The number of hydrogen-bond acceptors (Lipinski definition) is 10. The van der Waals surface area contributed by atoms with Crippen molar-refractivity contribution in [2.75, 3.05) is 55.4 Å². The van der Waals surface area contributed by atoms with E-state index in [-0.39, 0.29) is 5.91 Å². The Bertz CT molecular complexity index is 1650. The van der Waals surface area contributed by atoms with Crippen LogP contribution in [0.1, 0.15) is 20.8 Å². The molecule has 3 aliphatic rings. The zero-order valence-corrected chi connectivity index (χ0v) is 22.6. The summed E-state index contributed by atoms with van der Waals surface area (Å²) >= 11 is 0. The van der Waals surface area contributed by atoms with Gasteiger partial charge in [-0.25, -0.2) is 14.6 Å². The number of aromatic amines is 1. The van der Waals surface area contributed by atoms with Crippen molar-refractivity contribution in [3.05, 3.63) is 41.9 Å². The van der Waals surface area contributed by atoms with Crippen molar-refractivity contribution in [1.82, 2.24) is 45.3 Å². The van der Waals surface area contributed by atoms with Crippen molar-refractivity contribution in [1.29, 1.82) is 0 Å². The van der Waals surface area contributed by atoms with Crippen LogP contribution in [0.15, 0.2) is 41.9 Å². The maximum absolute atomic E-state index is 13.6. The van der Waals surface area contributed by atoms with E-state index in [2.05, 4.69) is 57.9 Å². The number of likely N-dealkylation sites (tertiary alicyclic amines) is 1. The van der Waals surface area contributed by atoms with Gasteiger partial charge >= 0.3 is 0 Å². The number of hydrogen-bond donors (Lipinski definition) is 2. The zero-order chi connectivity index (χ0) is 27.1. The normalized spacial score (nSPS) is 19.7. The summed E-state index contributed by atoms with van der Waals surface area (Å²) < 4.78 is 1.67. The molecule has 6 heterocycles. The van der Waals surface area contributed by atoms with Gasteiger partial charge in [0.2, 0.25) is 5.95 Å². The van der Waals surface area contributed by atoms with Gasteiger partial charge in [0, 0.05) is 61.5 Å². The van der Waals surface area contributed by atoms with Gasteiger partial charge < -0.3 is 20.0 Å². The van der Waals surface area contributed by atoms with Crippen LogP contribution in [0.3, 0.4) is 0 Å². The van der Waals surface area contributed by atoms with Gasteiger partial charge in [0.1, 0.15) is 17.8 Å². The van der Waals surface area contributed by atoms with E-state index in [0.29, 0.717) is 22.6 Å². The number of H-pyrrole nitrogens is 1. The average molecular weight is 527 g/mol. The Morgan fingerprint density at radius 3 is 2.64 bits per heavy atom. The Hall–Kier alpha value is -4.39. The molecule has 0 unspecified atom stereocenters. The first-order valence-corrected chi connectivity index (χ1v) is 12.9. The predicted molar refractivity (Wildman–Crippen MR) is 146 cm³/mol. The molecule has 7 rings (SSSR count). The minimum atomic E-state index is -0.730. The van der Waals surface area contributed by atoms with Crippen molar-refractivity contribution in [3.8, 4) is 11.4 Å². The molecular weight excluding hydrogens is 496 g/mol. The Kier molecular flexibility index (Phi) is 4.90. The summed E-state index contributed by atoms with van der Waals surface area (Å²) in [5, 5.41) is 23.6. The van der Waals surface area contributed by atoms with Crippen molar-refractivity contribution in [2.45, 2.75) is 26.3 Å². The van der Waals surface area contributed by atoms with Crippen LogP contribution < -0.4 is 15.1 Å². The van der Waals surface area contributed by atoms with Gasteiger partial charge in [0.25, 0.3) is 5.91 Å². The summed E-state index contributed by atoms with van der Waals surface area (Å²) in [5.41, 5.74) is 4.03. The second-order valence-corrected chi connectivity index (χ2v) is 11.5. The number of carbonyl (C=O) groups excluding carboxylic acids is 1. The number of benzene rings is 1. The van der Waals surface area contributed by atoms with Crippen LogP contribution in [0.5, 0.6) is 0 Å². The highest BCUT2D eigenvalue weighted by Gasteiger charge is 2.50. The van der Waals surface area contributed by atoms with Gasteiger partial charge in [-0.2, -0.15) is 5.10 Å². The van der Waals surface area contributed by atoms with E-state index in [1.807, 2.05) is 57.0 Å². The number of rotatable bonds is 4. The Labute approximate surface area is 224 Å². The van der Waals surface area contributed by atoms with Crippen LogP contribution in [-0.2, 0) is 10.3 Å². The first kappa shape index (κ1) is 23.7. The largest absolute Gasteiger partial charge is 0.355 e. The third kappa shape index (κ3) is 3.52. The molecule has 3 aliphatic heterocycles. The maximum atomic E-state index is 13.6. The SMILES string of the molecule is CC1=C(C(=O)Nc2ccc3[nH]nc(-c4cc(N5CC6(CN(C)C6)C5)ncn4)c3c2)C(C)(C)n2nnnc2N1C. The minimum Gasteiger partial charge on any atom is -0.355 e. The molecule has 0 bridgehead atoms. The lowest BCUT2D eigenvalue weighted by atomic mass is 9.73. The summed E-state index contributed by atoms with van der Waals surface area (Å²) in [4.78, 5) is 29.2. The van der Waals surface area contributed by atoms with Crippen LogP contribution in [0.2, 0.25) is 0 Å². The molecule has 0 radical (unpaired) electrons. The fraction of sp³-hybridized carbons (Fsp3) is 0.423. The van der Waals surface area contributed by atoms with Crippen LogP contribution in [0, 0.1) is 5.41 Å². The summed E-state index contributed by atoms with van der Waals surface area (Å²) in [5.74, 6) is 1.29. The number of carbonyl (C=O) groups is 1. The quantitative estimate of drug-likeness (QED) is 0.405. The molecule has 4 aromatic rings. The smallest absolute Gasteiger partial charge is 0.255 e. The molecule has 39 heavy (non-hydrogen) atoms. The lowest BCUT2D eigenvalue weighted by Crippen LogP contribution is -2.71. The summed E-state index contributed by atoms with van der Waals surface area (Å²) in [6.45, 7) is 10.1. The predicted octanol–water partition coefficient (Wildman–Crippen LogP) is 1.86. The molecule has 2 saturated heterocycles. The third-order valence-corrected chi connectivity index (χ3v) is 8.29. The maximum Gasteiger partial charge on any atom is 0.255 e. The summed E-state index contributed by atoms with van der Waals surface area (Å²) in [6, 6.07) is 7.69. The van der Waals surface area contributed by atoms with Gasteiger partial charge in [-0.3, -0.25) is 9.89 Å². The van der Waals surface area contributed by atoms with E-state index in [1.54, 1.807) is 11.0 Å². The van der Waals surface area contributed by atoms with E-state index in [1.165, 1.54) is 0 Å². The molecule has 2 N–H and O–H groups in total. The second kappa shape index (κ2) is 8.06. The Morgan fingerprint density at radius 1 is 1.08 bits per heavy atom. The number of tetrazole rings is 1. The van der Waals surface area contributed by atoms with Crippen molar-refractivity contribution < 1.29 is 4.79 Å². The minimum absolute atomic E-state index is 0.215. The topological polar surface area (TPSA) is 137 Å². The third-order valence-electron chi connectivity index (χ3n) is 8.29. The van der Waals surface area contributed by atoms with Gasteiger partial charge in [-0.05, 0) is 56.4 Å². The Balaban J connectivity index is 1.16. The molecule has 3 aromatic heterocycles. The van der Waals surface area contributed by atoms with E-state index in [4.69, 9.17) is 0 Å². The fourth-order valence-electron chi connectivity index (χ4n) is 6.42. The lowest BCUT2D eigenvalue weighted by molar-refractivity contribution is -0.113. The zero-order valence-electron chi connectivity index (χ0n) is 22.6. The van der Waals surface area contributed by atoms with E-state index < -0.39 is 5.54 Å². The van der Waals surface area contributed by atoms with Gasteiger partial charge in [-0.1, -0.05) is 5.10 Å². The molecule has 1 spiro atoms. The van der Waals surface area contributed by atoms with E-state index in [9.17, 15) is 4.79 Å². The van der Waals surface area contributed by atoms with Gasteiger partial charge in [0.05, 0.1) is 22.3 Å². The highest BCUT2D eigenvalue weighted by atomic mass is 16.1. The lowest BCUT2D eigenvalue weighted by Gasteiger charge is -2.59. The molecule has 0 aliphatic carbocycles. The monoisotopic (exact) mass is 526 g/mol.